The van der Waals surface area contributed by atoms with Crippen molar-refractivity contribution >= 4 is 22.1 Å². The van der Waals surface area contributed by atoms with Crippen molar-refractivity contribution in [3.05, 3.63) is 0 Å². The molecule has 0 spiro atoms. The summed E-state index contributed by atoms with van der Waals surface area (Å²) in [4.78, 5) is 9.65. The topological polar surface area (TPSA) is 29.1 Å². The van der Waals surface area contributed by atoms with E-state index in [1.54, 1.807) is 0 Å². The van der Waals surface area contributed by atoms with E-state index in [4.69, 9.17) is 0 Å². The molecule has 0 aromatic heterocycles. The van der Waals surface area contributed by atoms with Gasteiger partial charge in [0.2, 0.25) is 5.91 Å². The van der Waals surface area contributed by atoms with Crippen molar-refractivity contribution in [3.8, 4) is 0 Å². The molecule has 0 heterocycles. The van der Waals surface area contributed by atoms with Gasteiger partial charge in [0.25, 0.3) is 0 Å². The van der Waals surface area contributed by atoms with Crippen LogP contribution >= 0.6 is 16.1 Å². The summed E-state index contributed by atoms with van der Waals surface area (Å²) in [6, 6.07) is 0. The summed E-state index contributed by atoms with van der Waals surface area (Å²) in [5, 5.41) is 0. The van der Waals surface area contributed by atoms with Gasteiger partial charge in [0.1, 0.15) is 0 Å². The third kappa shape index (κ3) is 9.11. The maximum Gasteiger partial charge on any atom is 0.226 e. The maximum absolute atomic E-state index is 9.65. The second-order valence-corrected chi connectivity index (χ2v) is 1.05. The highest BCUT2D eigenvalue weighted by Crippen LogP contribution is 1.63. The van der Waals surface area contributed by atoms with Gasteiger partial charge in [-0.3, -0.25) is 13.8 Å². The summed E-state index contributed by atoms with van der Waals surface area (Å²) in [7, 11) is 0. The van der Waals surface area contributed by atoms with Crippen LogP contribution in [0.25, 0.3) is 0 Å². The zero-order valence-electron chi connectivity index (χ0n) is 3.19. The fourth-order valence-corrected chi connectivity index (χ4v) is 0. The van der Waals surface area contributed by atoms with Crippen molar-refractivity contribution < 1.29 is 9.50 Å². The number of nitrogens with one attached hydrogen (secondary N) is 1. The van der Waals surface area contributed by atoms with Gasteiger partial charge in [-0.15, -0.1) is 0 Å². The molecular weight excluding hydrogens is 153 g/mol. The molecule has 0 atom stereocenters. The van der Waals surface area contributed by atoms with Crippen LogP contribution in [0, 0.1) is 0 Å². The minimum absolute atomic E-state index is 0. The van der Waals surface area contributed by atoms with E-state index < -0.39 is 0 Å². The summed E-state index contributed by atoms with van der Waals surface area (Å²) in [5.74, 6) is -0.0787. The Balaban J connectivity index is 0. The van der Waals surface area contributed by atoms with Gasteiger partial charge in [0, 0.05) is 23.1 Å². The average molecular weight is 158 g/mol. The molecule has 0 aromatic rings. The molecule has 0 saturated carbocycles. The molecule has 2 nitrogen and oxygen atoms in total. The standard InChI is InChI=1S/C2H4BrNO.FH/c1-2(5)4-3;/h1H3,(H,4,5);1H. The zero-order chi connectivity index (χ0) is 4.28. The molecule has 0 radical (unpaired) electrons. The second kappa shape index (κ2) is 4.88. The van der Waals surface area contributed by atoms with Gasteiger partial charge in [0.15, 0.2) is 0 Å². The van der Waals surface area contributed by atoms with E-state index in [1.165, 1.54) is 6.92 Å². The quantitative estimate of drug-likeness (QED) is 0.513. The van der Waals surface area contributed by atoms with Crippen molar-refractivity contribution in [2.45, 2.75) is 6.92 Å². The lowest BCUT2D eigenvalue weighted by Crippen LogP contribution is -2.03. The molecular formula is C2H5BrFNO. The lowest BCUT2D eigenvalue weighted by molar-refractivity contribution is -0.116. The van der Waals surface area contributed by atoms with Crippen LogP contribution in [-0.4, -0.2) is 5.91 Å². The van der Waals surface area contributed by atoms with Gasteiger partial charge in [0.05, 0.1) is 0 Å². The SMILES string of the molecule is CC(=O)NBr.F. The summed E-state index contributed by atoms with van der Waals surface area (Å²) < 4.78 is 2.20. The fraction of sp³-hybridized carbons (Fsp3) is 0.500. The number of hydrogen-bond donors (Lipinski definition) is 1. The predicted molar refractivity (Wildman–Crippen MR) is 25.2 cm³/mol. The predicted octanol–water partition coefficient (Wildman–Crippen LogP) is 0.585. The summed E-state index contributed by atoms with van der Waals surface area (Å²) in [6.45, 7) is 1.43. The van der Waals surface area contributed by atoms with Crippen molar-refractivity contribution in [1.82, 2.24) is 4.34 Å². The molecule has 4 heteroatoms. The Morgan fingerprint density at radius 2 is 2.00 bits per heavy atom. The van der Waals surface area contributed by atoms with Crippen LogP contribution in [0.3, 0.4) is 0 Å². The van der Waals surface area contributed by atoms with E-state index in [1.807, 2.05) is 0 Å². The Kier molecular flexibility index (Phi) is 7.57. The third-order valence-corrected chi connectivity index (χ3v) is 0.691. The molecule has 0 unspecified atom stereocenters. The molecule has 0 fully saturated rings. The number of carbonyl (C=O) groups is 1. The first kappa shape index (κ1) is 9.30. The number of halogens is 2. The molecule has 0 aliphatic heterocycles. The summed E-state index contributed by atoms with van der Waals surface area (Å²) >= 11 is 2.71. The molecule has 6 heavy (non-hydrogen) atoms. The lowest BCUT2D eigenvalue weighted by atomic mass is 10.8. The van der Waals surface area contributed by atoms with Gasteiger partial charge in [-0.2, -0.15) is 0 Å². The van der Waals surface area contributed by atoms with Crippen LogP contribution in [-0.2, 0) is 4.79 Å². The second-order valence-electron chi connectivity index (χ2n) is 0.651. The Labute approximate surface area is 43.6 Å². The number of hydrogen-bond acceptors (Lipinski definition) is 1. The largest absolute Gasteiger partial charge is 0.293 e. The Morgan fingerprint density at radius 1 is 1.83 bits per heavy atom. The summed E-state index contributed by atoms with van der Waals surface area (Å²) in [5.41, 5.74) is 0. The van der Waals surface area contributed by atoms with Crippen molar-refractivity contribution in [1.29, 1.82) is 0 Å². The minimum atomic E-state index is -0.0787. The molecule has 0 rings (SSSR count). The number of carbonyl (C=O) groups excluding carboxylic acids is 1. The normalized spacial score (nSPS) is 5.67. The Bertz CT molecular complexity index is 48.8. The third-order valence-electron chi connectivity index (χ3n) is 0.133. The van der Waals surface area contributed by atoms with E-state index in [2.05, 4.69) is 20.5 Å². The van der Waals surface area contributed by atoms with Crippen molar-refractivity contribution in [2.75, 3.05) is 0 Å². The van der Waals surface area contributed by atoms with Crippen LogP contribution < -0.4 is 4.34 Å². The van der Waals surface area contributed by atoms with E-state index >= 15 is 0 Å². The molecule has 0 aliphatic rings. The van der Waals surface area contributed by atoms with E-state index in [0.29, 0.717) is 0 Å². The average Bonchev–Trinajstić information content (AvgIpc) is 1.38. The van der Waals surface area contributed by atoms with Crippen LogP contribution in [0.1, 0.15) is 6.92 Å². The number of rotatable bonds is 0. The van der Waals surface area contributed by atoms with Gasteiger partial charge in [-0.25, -0.2) is 0 Å². The highest BCUT2D eigenvalue weighted by Gasteiger charge is 1.75. The monoisotopic (exact) mass is 157 g/mol. The molecule has 0 aliphatic carbocycles. The molecule has 1 amide bonds. The minimum Gasteiger partial charge on any atom is -0.293 e. The van der Waals surface area contributed by atoms with Crippen LogP contribution in [0.2, 0.25) is 0 Å². The molecule has 0 saturated heterocycles. The van der Waals surface area contributed by atoms with E-state index in [9.17, 15) is 4.79 Å². The van der Waals surface area contributed by atoms with Gasteiger partial charge in [-0.05, 0) is 0 Å². The smallest absolute Gasteiger partial charge is 0.226 e. The van der Waals surface area contributed by atoms with Gasteiger partial charge in [-0.1, -0.05) is 0 Å². The first-order chi connectivity index (χ1) is 2.27. The maximum atomic E-state index is 9.65. The van der Waals surface area contributed by atoms with Gasteiger partial charge < -0.3 is 0 Å². The zero-order valence-corrected chi connectivity index (χ0v) is 4.78. The van der Waals surface area contributed by atoms with Crippen molar-refractivity contribution in [3.63, 3.8) is 0 Å². The molecule has 0 aromatic carbocycles. The number of amides is 1. The highest BCUT2D eigenvalue weighted by atomic mass is 79.9. The van der Waals surface area contributed by atoms with Gasteiger partial charge >= 0.3 is 0 Å². The molecule has 38 valence electrons. The highest BCUT2D eigenvalue weighted by molar-refractivity contribution is 9.08. The van der Waals surface area contributed by atoms with Crippen LogP contribution in [0.5, 0.6) is 0 Å². The Morgan fingerprint density at radius 3 is 2.00 bits per heavy atom. The Hall–Kier alpha value is -0.120. The van der Waals surface area contributed by atoms with Crippen LogP contribution in [0.4, 0.5) is 4.70 Å². The summed E-state index contributed by atoms with van der Waals surface area (Å²) in [6.07, 6.45) is 0. The lowest BCUT2D eigenvalue weighted by Gasteiger charge is -1.76. The van der Waals surface area contributed by atoms with E-state index in [-0.39, 0.29) is 10.6 Å². The first-order valence-corrected chi connectivity index (χ1v) is 1.94. The first-order valence-electron chi connectivity index (χ1n) is 1.14. The molecule has 1 N–H and O–H groups in total. The van der Waals surface area contributed by atoms with Crippen molar-refractivity contribution in [2.24, 2.45) is 0 Å². The fourth-order valence-electron chi connectivity index (χ4n) is 0. The van der Waals surface area contributed by atoms with Crippen LogP contribution in [0.15, 0.2) is 0 Å². The molecule has 0 bridgehead atoms. The van der Waals surface area contributed by atoms with E-state index in [0.717, 1.165) is 0 Å².